The lowest BCUT2D eigenvalue weighted by Gasteiger charge is -1.97. The van der Waals surface area contributed by atoms with E-state index in [2.05, 4.69) is 9.98 Å². The molecule has 0 saturated heterocycles. The minimum Gasteiger partial charge on any atom is -0.492 e. The average molecular weight is 259 g/mol. The van der Waals surface area contributed by atoms with Crippen LogP contribution in [0.1, 0.15) is 11.3 Å². The first-order chi connectivity index (χ1) is 8.66. The van der Waals surface area contributed by atoms with Gasteiger partial charge in [-0.05, 0) is 24.4 Å². The van der Waals surface area contributed by atoms with Crippen molar-refractivity contribution < 1.29 is 9.52 Å². The van der Waals surface area contributed by atoms with Crippen LogP contribution < -0.4 is 0 Å². The van der Waals surface area contributed by atoms with E-state index in [1.54, 1.807) is 31.7 Å². The van der Waals surface area contributed by atoms with Crippen LogP contribution in [-0.4, -0.2) is 20.9 Å². The highest BCUT2D eigenvalue weighted by Crippen LogP contribution is 2.33. The summed E-state index contributed by atoms with van der Waals surface area (Å²) < 4.78 is 6.70. The zero-order valence-corrected chi connectivity index (χ0v) is 10.3. The van der Waals surface area contributed by atoms with E-state index >= 15 is 0 Å². The van der Waals surface area contributed by atoms with Gasteiger partial charge in [-0.1, -0.05) is 0 Å². The van der Waals surface area contributed by atoms with E-state index in [0.29, 0.717) is 5.76 Å². The predicted molar refractivity (Wildman–Crippen MR) is 70.4 cm³/mol. The van der Waals surface area contributed by atoms with E-state index in [4.69, 9.17) is 16.6 Å². The van der Waals surface area contributed by atoms with Crippen LogP contribution in [0.3, 0.4) is 0 Å². The first-order valence-corrected chi connectivity index (χ1v) is 5.66. The smallest absolute Gasteiger partial charge is 0.271 e. The predicted octanol–water partition coefficient (Wildman–Crippen LogP) is 2.70. The topological polar surface area (TPSA) is 63.5 Å². The van der Waals surface area contributed by atoms with Gasteiger partial charge in [0.2, 0.25) is 5.88 Å². The van der Waals surface area contributed by atoms with Crippen LogP contribution in [0.2, 0.25) is 0 Å². The fraction of sp³-hybridized carbons (Fsp3) is 0.0833. The van der Waals surface area contributed by atoms with Gasteiger partial charge in [-0.3, -0.25) is 14.5 Å². The summed E-state index contributed by atoms with van der Waals surface area (Å²) in [4.78, 5) is 8.45. The van der Waals surface area contributed by atoms with Crippen molar-refractivity contribution in [1.82, 2.24) is 9.55 Å². The van der Waals surface area contributed by atoms with Gasteiger partial charge >= 0.3 is 0 Å². The third-order valence-corrected chi connectivity index (χ3v) is 3.11. The van der Waals surface area contributed by atoms with Crippen molar-refractivity contribution in [3.05, 3.63) is 34.6 Å². The normalized spacial score (nSPS) is 15.3. The van der Waals surface area contributed by atoms with Crippen molar-refractivity contribution in [2.45, 2.75) is 0 Å². The summed E-state index contributed by atoms with van der Waals surface area (Å²) in [5.74, 6) is 0.331. The number of aromatic nitrogens is 2. The Balaban J connectivity index is 2.12. The fourth-order valence-electron chi connectivity index (χ4n) is 1.75. The molecule has 3 heterocycles. The second-order valence-corrected chi connectivity index (χ2v) is 4.21. The highest BCUT2D eigenvalue weighted by atomic mass is 32.1. The molecule has 0 amide bonds. The van der Waals surface area contributed by atoms with Crippen LogP contribution in [0.5, 0.6) is 5.88 Å². The van der Waals surface area contributed by atoms with Crippen molar-refractivity contribution in [3.63, 3.8) is 0 Å². The zero-order valence-electron chi connectivity index (χ0n) is 9.49. The number of aromatic hydroxyl groups is 1. The maximum Gasteiger partial charge on any atom is 0.271 e. The van der Waals surface area contributed by atoms with E-state index in [0.717, 1.165) is 16.8 Å². The molecular formula is C12H9N3O2S. The Hall–Kier alpha value is -2.21. The summed E-state index contributed by atoms with van der Waals surface area (Å²) >= 11 is 4.94. The Kier molecular flexibility index (Phi) is 2.38. The van der Waals surface area contributed by atoms with Gasteiger partial charge in [-0.25, -0.2) is 0 Å². The number of rotatable bonds is 1. The summed E-state index contributed by atoms with van der Waals surface area (Å²) in [5.41, 5.74) is 2.61. The van der Waals surface area contributed by atoms with Crippen molar-refractivity contribution in [1.29, 1.82) is 0 Å². The molecule has 1 aliphatic rings. The standard InChI is InChI=1S/C12H9N3O2S/c1-15-11(16)10(17-12(15)18)4-7-5-14-9-6-13-3-2-8(7)9/h2-6,16H,1H3. The maximum absolute atomic E-state index is 9.83. The molecule has 5 nitrogen and oxygen atoms in total. The molecule has 90 valence electrons. The maximum atomic E-state index is 9.83. The Morgan fingerprint density at radius 1 is 1.50 bits per heavy atom. The number of allylic oxidation sites excluding steroid dienone is 1. The molecule has 0 aromatic carbocycles. The monoisotopic (exact) mass is 259 g/mol. The second kappa shape index (κ2) is 3.92. The molecule has 0 unspecified atom stereocenters. The quantitative estimate of drug-likeness (QED) is 0.800. The van der Waals surface area contributed by atoms with Crippen molar-refractivity contribution in [2.75, 3.05) is 0 Å². The van der Waals surface area contributed by atoms with Gasteiger partial charge in [0.1, 0.15) is 0 Å². The van der Waals surface area contributed by atoms with Gasteiger partial charge in [0, 0.05) is 30.6 Å². The average Bonchev–Trinajstić information content (AvgIpc) is 2.89. The third-order valence-electron chi connectivity index (χ3n) is 2.75. The molecular weight excluding hydrogens is 250 g/mol. The van der Waals surface area contributed by atoms with Crippen LogP contribution in [-0.2, 0) is 7.05 Å². The highest BCUT2D eigenvalue weighted by molar-refractivity contribution is 7.71. The van der Waals surface area contributed by atoms with E-state index in [-0.39, 0.29) is 10.7 Å². The molecule has 0 fully saturated rings. The molecule has 0 saturated carbocycles. The zero-order chi connectivity index (χ0) is 12.7. The van der Waals surface area contributed by atoms with Crippen LogP contribution in [0, 0.1) is 4.84 Å². The van der Waals surface area contributed by atoms with Gasteiger partial charge in [0.15, 0.2) is 5.76 Å². The largest absolute Gasteiger partial charge is 0.492 e. The second-order valence-electron chi connectivity index (χ2n) is 3.87. The number of aliphatic imine (C=N–C) groups is 1. The van der Waals surface area contributed by atoms with Crippen LogP contribution in [0.25, 0.3) is 11.6 Å². The molecule has 1 aliphatic heterocycles. The molecule has 0 aliphatic carbocycles. The molecule has 2 aromatic rings. The van der Waals surface area contributed by atoms with Gasteiger partial charge in [0.25, 0.3) is 4.84 Å². The number of hydrogen-bond donors (Lipinski definition) is 1. The molecule has 0 atom stereocenters. The summed E-state index contributed by atoms with van der Waals surface area (Å²) in [7, 11) is 1.64. The Bertz CT molecular complexity index is 740. The van der Waals surface area contributed by atoms with Crippen molar-refractivity contribution >= 4 is 35.8 Å². The summed E-state index contributed by atoms with van der Waals surface area (Å²) in [6.07, 6.45) is 6.80. The van der Waals surface area contributed by atoms with Gasteiger partial charge in [-0.2, -0.15) is 0 Å². The van der Waals surface area contributed by atoms with Crippen LogP contribution in [0.4, 0.5) is 5.69 Å². The van der Waals surface area contributed by atoms with E-state index in [1.807, 2.05) is 6.07 Å². The SMILES string of the molecule is Cn1c(O)c(C=C2C=Nc3cnccc32)oc1=S. The van der Waals surface area contributed by atoms with E-state index < -0.39 is 0 Å². The summed E-state index contributed by atoms with van der Waals surface area (Å²) in [6, 6.07) is 1.86. The number of oxazole rings is 1. The van der Waals surface area contributed by atoms with Gasteiger partial charge in [0.05, 0.1) is 11.9 Å². The third kappa shape index (κ3) is 1.58. The molecule has 0 radical (unpaired) electrons. The molecule has 6 heteroatoms. The van der Waals surface area contributed by atoms with Crippen molar-refractivity contribution in [2.24, 2.45) is 12.0 Å². The minimum atomic E-state index is 0.00315. The van der Waals surface area contributed by atoms with E-state index in [9.17, 15) is 5.11 Å². The van der Waals surface area contributed by atoms with Gasteiger partial charge in [-0.15, -0.1) is 0 Å². The van der Waals surface area contributed by atoms with Crippen molar-refractivity contribution in [3.8, 4) is 5.88 Å². The number of hydrogen-bond acceptors (Lipinski definition) is 5. The van der Waals surface area contributed by atoms with Crippen LogP contribution in [0.15, 0.2) is 27.9 Å². The highest BCUT2D eigenvalue weighted by Gasteiger charge is 2.15. The first-order valence-electron chi connectivity index (χ1n) is 5.26. The lowest BCUT2D eigenvalue weighted by Crippen LogP contribution is -1.85. The lowest BCUT2D eigenvalue weighted by molar-refractivity contribution is 0.428. The number of nitrogens with zero attached hydrogens (tertiary/aromatic N) is 3. The van der Waals surface area contributed by atoms with Gasteiger partial charge < -0.3 is 9.52 Å². The van der Waals surface area contributed by atoms with Crippen LogP contribution >= 0.6 is 12.2 Å². The number of fused-ring (bicyclic) bond motifs is 1. The molecule has 0 spiro atoms. The minimum absolute atomic E-state index is 0.00315. The molecule has 1 N–H and O–H groups in total. The molecule has 0 bridgehead atoms. The first kappa shape index (κ1) is 10.9. The molecule has 3 rings (SSSR count). The lowest BCUT2D eigenvalue weighted by atomic mass is 10.1. The Labute approximate surface area is 108 Å². The number of pyridine rings is 1. The Morgan fingerprint density at radius 3 is 3.06 bits per heavy atom. The fourth-order valence-corrected chi connectivity index (χ4v) is 1.93. The Morgan fingerprint density at radius 2 is 2.33 bits per heavy atom. The molecule has 2 aromatic heterocycles. The summed E-state index contributed by atoms with van der Waals surface area (Å²) in [6.45, 7) is 0. The van der Waals surface area contributed by atoms with E-state index in [1.165, 1.54) is 4.57 Å². The summed E-state index contributed by atoms with van der Waals surface area (Å²) in [5, 5.41) is 9.83. The molecule has 18 heavy (non-hydrogen) atoms.